The summed E-state index contributed by atoms with van der Waals surface area (Å²) in [5.74, 6) is 1.14. The van der Waals surface area contributed by atoms with E-state index in [2.05, 4.69) is 9.97 Å². The summed E-state index contributed by atoms with van der Waals surface area (Å²) in [6.45, 7) is 0.807. The van der Waals surface area contributed by atoms with Crippen LogP contribution in [0.5, 0.6) is 5.75 Å². The highest BCUT2D eigenvalue weighted by molar-refractivity contribution is 5.76. The molecule has 2 aromatic heterocycles. The number of hydrogen-bond acceptors (Lipinski definition) is 4. The third-order valence-corrected chi connectivity index (χ3v) is 3.65. The van der Waals surface area contributed by atoms with Crippen molar-refractivity contribution in [1.29, 1.82) is 0 Å². The second-order valence-corrected chi connectivity index (χ2v) is 5.36. The molecule has 0 bridgehead atoms. The van der Waals surface area contributed by atoms with Gasteiger partial charge in [0.25, 0.3) is 0 Å². The molecule has 1 aliphatic rings. The lowest BCUT2D eigenvalue weighted by atomic mass is 10.1. The molecule has 1 aromatic carbocycles. The van der Waals surface area contributed by atoms with Gasteiger partial charge < -0.3 is 9.15 Å². The molecule has 21 heavy (non-hydrogen) atoms. The van der Waals surface area contributed by atoms with Gasteiger partial charge in [0.1, 0.15) is 5.75 Å². The third kappa shape index (κ3) is 2.54. The number of pyridine rings is 1. The number of H-pyrrole nitrogens is 1. The predicted octanol–water partition coefficient (Wildman–Crippen LogP) is 2.97. The second kappa shape index (κ2) is 4.77. The Hall–Kier alpha value is -2.56. The van der Waals surface area contributed by atoms with Crippen molar-refractivity contribution < 1.29 is 9.15 Å². The van der Waals surface area contributed by atoms with Gasteiger partial charge in [0.2, 0.25) is 0 Å². The van der Waals surface area contributed by atoms with E-state index in [1.54, 1.807) is 12.3 Å². The first kappa shape index (κ1) is 12.2. The highest BCUT2D eigenvalue weighted by Gasteiger charge is 2.21. The molecular weight excluding hydrogens is 268 g/mol. The number of aromatic nitrogens is 2. The van der Waals surface area contributed by atoms with Crippen molar-refractivity contribution >= 4 is 11.2 Å². The Kier molecular flexibility index (Phi) is 2.77. The van der Waals surface area contributed by atoms with Crippen LogP contribution in [-0.4, -0.2) is 16.6 Å². The van der Waals surface area contributed by atoms with Gasteiger partial charge in [0.15, 0.2) is 11.2 Å². The molecule has 0 unspecified atom stereocenters. The van der Waals surface area contributed by atoms with Gasteiger partial charge in [0.05, 0.1) is 6.61 Å². The fourth-order valence-corrected chi connectivity index (χ4v) is 2.24. The van der Waals surface area contributed by atoms with E-state index < -0.39 is 5.76 Å². The van der Waals surface area contributed by atoms with Crippen LogP contribution in [0.3, 0.4) is 0 Å². The van der Waals surface area contributed by atoms with E-state index in [-0.39, 0.29) is 0 Å². The Bertz CT molecular complexity index is 829. The minimum Gasteiger partial charge on any atom is -0.493 e. The van der Waals surface area contributed by atoms with Crippen LogP contribution >= 0.6 is 0 Å². The number of rotatable bonds is 4. The fraction of sp³-hybridized carbons (Fsp3) is 0.250. The summed E-state index contributed by atoms with van der Waals surface area (Å²) in [5, 5.41) is 0. The summed E-state index contributed by atoms with van der Waals surface area (Å²) < 4.78 is 10.7. The molecular formula is C16H14N2O3. The zero-order chi connectivity index (χ0) is 14.2. The number of aromatic amines is 1. The van der Waals surface area contributed by atoms with Crippen LogP contribution in [0.25, 0.3) is 22.4 Å². The van der Waals surface area contributed by atoms with Gasteiger partial charge in [-0.25, -0.2) is 9.78 Å². The molecule has 3 aromatic rings. The Morgan fingerprint density at radius 1 is 1.24 bits per heavy atom. The average Bonchev–Trinajstić information content (AvgIpc) is 3.25. The second-order valence-electron chi connectivity index (χ2n) is 5.36. The maximum absolute atomic E-state index is 11.1. The van der Waals surface area contributed by atoms with Gasteiger partial charge in [-0.3, -0.25) is 4.98 Å². The summed E-state index contributed by atoms with van der Waals surface area (Å²) >= 11 is 0. The third-order valence-electron chi connectivity index (χ3n) is 3.65. The van der Waals surface area contributed by atoms with Crippen LogP contribution in [0, 0.1) is 5.92 Å². The lowest BCUT2D eigenvalue weighted by molar-refractivity contribution is 0.300. The highest BCUT2D eigenvalue weighted by Crippen LogP contribution is 2.30. The summed E-state index contributed by atoms with van der Waals surface area (Å²) in [7, 11) is 0. The zero-order valence-electron chi connectivity index (χ0n) is 11.3. The molecule has 0 amide bonds. The minimum absolute atomic E-state index is 0.464. The van der Waals surface area contributed by atoms with Crippen molar-refractivity contribution in [2.45, 2.75) is 12.8 Å². The van der Waals surface area contributed by atoms with Crippen LogP contribution in [-0.2, 0) is 0 Å². The number of nitrogens with one attached hydrogen (secondary N) is 1. The number of fused-ring (bicyclic) bond motifs is 1. The van der Waals surface area contributed by atoms with E-state index in [1.807, 2.05) is 24.3 Å². The first-order valence-corrected chi connectivity index (χ1v) is 7.00. The number of benzene rings is 1. The summed E-state index contributed by atoms with van der Waals surface area (Å²) in [5.41, 5.74) is 2.84. The highest BCUT2D eigenvalue weighted by atomic mass is 16.5. The van der Waals surface area contributed by atoms with Crippen LogP contribution in [0.1, 0.15) is 12.8 Å². The van der Waals surface area contributed by atoms with Gasteiger partial charge in [0, 0.05) is 11.8 Å². The largest absolute Gasteiger partial charge is 0.493 e. The topological polar surface area (TPSA) is 68.1 Å². The number of hydrogen-bond donors (Lipinski definition) is 1. The lowest BCUT2D eigenvalue weighted by Crippen LogP contribution is -1.98. The molecule has 0 atom stereocenters. The normalized spacial score (nSPS) is 14.5. The molecule has 2 heterocycles. The Balaban J connectivity index is 1.59. The summed E-state index contributed by atoms with van der Waals surface area (Å²) in [6.07, 6.45) is 4.28. The Labute approximate surface area is 120 Å². The average molecular weight is 282 g/mol. The predicted molar refractivity (Wildman–Crippen MR) is 78.3 cm³/mol. The van der Waals surface area contributed by atoms with Crippen LogP contribution in [0.4, 0.5) is 0 Å². The Morgan fingerprint density at radius 2 is 2.05 bits per heavy atom. The molecule has 0 saturated heterocycles. The quantitative estimate of drug-likeness (QED) is 0.798. The van der Waals surface area contributed by atoms with E-state index in [4.69, 9.17) is 9.15 Å². The molecule has 4 rings (SSSR count). The van der Waals surface area contributed by atoms with Crippen molar-refractivity contribution in [2.75, 3.05) is 6.61 Å². The van der Waals surface area contributed by atoms with Gasteiger partial charge >= 0.3 is 5.76 Å². The van der Waals surface area contributed by atoms with E-state index in [0.717, 1.165) is 29.4 Å². The molecule has 0 spiro atoms. The molecule has 1 saturated carbocycles. The van der Waals surface area contributed by atoms with Crippen molar-refractivity contribution in [1.82, 2.24) is 9.97 Å². The van der Waals surface area contributed by atoms with Crippen molar-refractivity contribution in [3.63, 3.8) is 0 Å². The van der Waals surface area contributed by atoms with Gasteiger partial charge in [-0.1, -0.05) is 12.1 Å². The fourth-order valence-electron chi connectivity index (χ4n) is 2.24. The van der Waals surface area contributed by atoms with Crippen molar-refractivity contribution in [2.24, 2.45) is 5.92 Å². The maximum Gasteiger partial charge on any atom is 0.418 e. The number of ether oxygens (including phenoxy) is 1. The monoisotopic (exact) mass is 282 g/mol. The molecule has 1 N–H and O–H groups in total. The van der Waals surface area contributed by atoms with E-state index in [0.29, 0.717) is 11.2 Å². The lowest BCUT2D eigenvalue weighted by Gasteiger charge is -2.06. The smallest absolute Gasteiger partial charge is 0.418 e. The first-order valence-electron chi connectivity index (χ1n) is 7.00. The molecule has 5 heteroatoms. The van der Waals surface area contributed by atoms with Gasteiger partial charge in [-0.15, -0.1) is 0 Å². The molecule has 106 valence electrons. The SMILES string of the molecule is O=c1[nH]c2ncc(-c3ccc(OCC4CC4)cc3)cc2o1. The molecule has 1 aliphatic carbocycles. The van der Waals surface area contributed by atoms with E-state index >= 15 is 0 Å². The molecule has 5 nitrogen and oxygen atoms in total. The summed E-state index contributed by atoms with van der Waals surface area (Å²) in [4.78, 5) is 17.8. The molecule has 0 radical (unpaired) electrons. The first-order chi connectivity index (χ1) is 10.3. The summed E-state index contributed by atoms with van der Waals surface area (Å²) in [6, 6.07) is 9.68. The number of nitrogens with zero attached hydrogens (tertiary/aromatic N) is 1. The standard InChI is InChI=1S/C16H14N2O3/c19-16-18-15-14(21-16)7-12(8-17-15)11-3-5-13(6-4-11)20-9-10-1-2-10/h3-8,10H,1-2,9H2,(H,17,18,19). The van der Waals surface area contributed by atoms with Crippen LogP contribution < -0.4 is 10.5 Å². The minimum atomic E-state index is -0.488. The van der Waals surface area contributed by atoms with Crippen molar-refractivity contribution in [3.8, 4) is 16.9 Å². The molecule has 0 aliphatic heterocycles. The van der Waals surface area contributed by atoms with E-state index in [1.165, 1.54) is 12.8 Å². The number of oxazole rings is 1. The maximum atomic E-state index is 11.1. The van der Waals surface area contributed by atoms with E-state index in [9.17, 15) is 4.79 Å². The van der Waals surface area contributed by atoms with Gasteiger partial charge in [-0.05, 0) is 42.5 Å². The van der Waals surface area contributed by atoms with Crippen molar-refractivity contribution in [3.05, 3.63) is 47.1 Å². The zero-order valence-corrected chi connectivity index (χ0v) is 11.3. The Morgan fingerprint density at radius 3 is 2.81 bits per heavy atom. The van der Waals surface area contributed by atoms with Crippen LogP contribution in [0.2, 0.25) is 0 Å². The van der Waals surface area contributed by atoms with Crippen LogP contribution in [0.15, 0.2) is 45.7 Å². The molecule has 1 fully saturated rings. The van der Waals surface area contributed by atoms with Gasteiger partial charge in [-0.2, -0.15) is 0 Å².